The molecule has 2 heteroatoms. The van der Waals surface area contributed by atoms with Crippen LogP contribution in [0.3, 0.4) is 0 Å². The second-order valence-corrected chi connectivity index (χ2v) is 9.65. The van der Waals surface area contributed by atoms with Gasteiger partial charge in [0.25, 0.3) is 0 Å². The smallest absolute Gasteiger partial charge is 0.127 e. The van der Waals surface area contributed by atoms with Gasteiger partial charge in [-0.2, -0.15) is 0 Å². The molecule has 7 aromatic rings. The Balaban J connectivity index is 1.66. The molecule has 0 aliphatic carbocycles. The maximum atomic E-state index is 6.35. The second kappa shape index (κ2) is 7.50. The molecular formula is C32H28O2. The molecule has 0 aromatic heterocycles. The van der Waals surface area contributed by atoms with Crippen LogP contribution in [0.4, 0.5) is 0 Å². The molecule has 7 aromatic carbocycles. The summed E-state index contributed by atoms with van der Waals surface area (Å²) >= 11 is 0. The lowest BCUT2D eigenvalue weighted by molar-refractivity contribution is 0.313. The number of hydrogen-bond donors (Lipinski definition) is 0. The molecule has 34 heavy (non-hydrogen) atoms. The zero-order valence-electron chi connectivity index (χ0n) is 19.8. The SMILES string of the molecule is CCCCOc1cc2ccc3ccc4c(OCCCC)cc5ccc6ccc1c1c6c5c4c3c21. The van der Waals surface area contributed by atoms with Crippen LogP contribution in [0.15, 0.2) is 60.7 Å². The Hall–Kier alpha value is -3.52. The molecule has 0 spiro atoms. The molecule has 0 heterocycles. The average molecular weight is 445 g/mol. The van der Waals surface area contributed by atoms with Gasteiger partial charge in [0, 0.05) is 21.5 Å². The van der Waals surface area contributed by atoms with E-state index in [1.165, 1.54) is 64.6 Å². The van der Waals surface area contributed by atoms with Crippen LogP contribution in [0.1, 0.15) is 39.5 Å². The summed E-state index contributed by atoms with van der Waals surface area (Å²) in [4.78, 5) is 0. The van der Waals surface area contributed by atoms with Crippen LogP contribution < -0.4 is 9.47 Å². The minimum Gasteiger partial charge on any atom is -0.493 e. The molecule has 0 saturated carbocycles. The molecule has 0 atom stereocenters. The van der Waals surface area contributed by atoms with E-state index in [1.54, 1.807) is 0 Å². The van der Waals surface area contributed by atoms with Crippen LogP contribution in [-0.4, -0.2) is 13.2 Å². The third-order valence-electron chi connectivity index (χ3n) is 7.55. The standard InChI is InChI=1S/C32H28O2/c1-3-5-15-33-25-17-21-9-7-20-12-14-24-26(34-16-6-4-2)18-22-10-8-19-11-13-23(25)31-27(19)30(22)32(24)28(20)29(21)31/h7-14,17-18H,3-6,15-16H2,1-2H3. The van der Waals surface area contributed by atoms with E-state index in [0.29, 0.717) is 0 Å². The summed E-state index contributed by atoms with van der Waals surface area (Å²) in [5, 5.41) is 15.7. The molecule has 0 unspecified atom stereocenters. The summed E-state index contributed by atoms with van der Waals surface area (Å²) in [5.74, 6) is 2.01. The van der Waals surface area contributed by atoms with Gasteiger partial charge in [0.15, 0.2) is 0 Å². The van der Waals surface area contributed by atoms with Gasteiger partial charge >= 0.3 is 0 Å². The van der Waals surface area contributed by atoms with Crippen molar-refractivity contribution < 1.29 is 9.47 Å². The van der Waals surface area contributed by atoms with E-state index in [0.717, 1.165) is 50.4 Å². The van der Waals surface area contributed by atoms with Gasteiger partial charge in [0.1, 0.15) is 11.5 Å². The highest BCUT2D eigenvalue weighted by molar-refractivity contribution is 6.45. The van der Waals surface area contributed by atoms with Crippen molar-refractivity contribution in [3.05, 3.63) is 60.7 Å². The number of ether oxygens (including phenoxy) is 2. The molecule has 0 amide bonds. The lowest BCUT2D eigenvalue weighted by Crippen LogP contribution is -2.00. The first-order chi connectivity index (χ1) is 16.8. The lowest BCUT2D eigenvalue weighted by Gasteiger charge is -2.23. The third kappa shape index (κ3) is 2.63. The Morgan fingerprint density at radius 3 is 1.29 bits per heavy atom. The Bertz CT molecular complexity index is 1630. The molecule has 2 nitrogen and oxygen atoms in total. The fourth-order valence-corrected chi connectivity index (χ4v) is 5.91. The zero-order chi connectivity index (χ0) is 22.8. The van der Waals surface area contributed by atoms with Gasteiger partial charge < -0.3 is 9.47 Å². The van der Waals surface area contributed by atoms with Gasteiger partial charge in [-0.1, -0.05) is 63.1 Å². The Labute approximate surface area is 199 Å². The number of rotatable bonds is 8. The molecular weight excluding hydrogens is 416 g/mol. The lowest BCUT2D eigenvalue weighted by atomic mass is 9.82. The monoisotopic (exact) mass is 444 g/mol. The number of unbranched alkanes of at least 4 members (excludes halogenated alkanes) is 2. The van der Waals surface area contributed by atoms with Crippen molar-refractivity contribution in [2.24, 2.45) is 0 Å². The van der Waals surface area contributed by atoms with Gasteiger partial charge in [0.2, 0.25) is 0 Å². The highest BCUT2D eigenvalue weighted by Crippen LogP contribution is 2.51. The topological polar surface area (TPSA) is 18.5 Å². The van der Waals surface area contributed by atoms with Crippen molar-refractivity contribution >= 4 is 64.6 Å². The van der Waals surface area contributed by atoms with Gasteiger partial charge in [-0.05, 0) is 80.2 Å². The largest absolute Gasteiger partial charge is 0.493 e. The average Bonchev–Trinajstić information content (AvgIpc) is 2.87. The van der Waals surface area contributed by atoms with Crippen LogP contribution >= 0.6 is 0 Å². The Kier molecular flexibility index (Phi) is 4.39. The molecule has 0 aliphatic rings. The Morgan fingerprint density at radius 1 is 0.471 bits per heavy atom. The van der Waals surface area contributed by atoms with E-state index in [9.17, 15) is 0 Å². The minimum atomic E-state index is 0.756. The van der Waals surface area contributed by atoms with Gasteiger partial charge in [-0.15, -0.1) is 0 Å². The van der Waals surface area contributed by atoms with Crippen molar-refractivity contribution in [3.63, 3.8) is 0 Å². The highest BCUT2D eigenvalue weighted by Gasteiger charge is 2.23. The highest BCUT2D eigenvalue weighted by atomic mass is 16.5. The molecule has 0 saturated heterocycles. The van der Waals surface area contributed by atoms with Crippen LogP contribution in [0.5, 0.6) is 11.5 Å². The summed E-state index contributed by atoms with van der Waals surface area (Å²) in [6.45, 7) is 5.93. The molecule has 168 valence electrons. The minimum absolute atomic E-state index is 0.756. The van der Waals surface area contributed by atoms with E-state index in [4.69, 9.17) is 9.47 Å². The first-order valence-electron chi connectivity index (χ1n) is 12.7. The summed E-state index contributed by atoms with van der Waals surface area (Å²) in [7, 11) is 0. The van der Waals surface area contributed by atoms with E-state index < -0.39 is 0 Å². The van der Waals surface area contributed by atoms with Crippen LogP contribution in [0, 0.1) is 0 Å². The molecule has 0 radical (unpaired) electrons. The fourth-order valence-electron chi connectivity index (χ4n) is 5.91. The molecule has 0 aliphatic heterocycles. The fraction of sp³-hybridized carbons (Fsp3) is 0.250. The maximum absolute atomic E-state index is 6.35. The zero-order valence-corrected chi connectivity index (χ0v) is 19.8. The van der Waals surface area contributed by atoms with Crippen LogP contribution in [0.2, 0.25) is 0 Å². The maximum Gasteiger partial charge on any atom is 0.127 e. The molecule has 7 rings (SSSR count). The summed E-state index contributed by atoms with van der Waals surface area (Å²) < 4.78 is 12.7. The molecule has 0 fully saturated rings. The van der Waals surface area contributed by atoms with Gasteiger partial charge in [-0.25, -0.2) is 0 Å². The summed E-state index contributed by atoms with van der Waals surface area (Å²) in [5.41, 5.74) is 0. The van der Waals surface area contributed by atoms with Gasteiger partial charge in [0.05, 0.1) is 13.2 Å². The van der Waals surface area contributed by atoms with Crippen molar-refractivity contribution in [2.75, 3.05) is 13.2 Å². The predicted molar refractivity (Wildman–Crippen MR) is 146 cm³/mol. The van der Waals surface area contributed by atoms with E-state index >= 15 is 0 Å². The van der Waals surface area contributed by atoms with E-state index in [2.05, 4.69) is 74.5 Å². The van der Waals surface area contributed by atoms with Crippen molar-refractivity contribution in [2.45, 2.75) is 39.5 Å². The van der Waals surface area contributed by atoms with E-state index in [-0.39, 0.29) is 0 Å². The summed E-state index contributed by atoms with van der Waals surface area (Å²) in [6.07, 6.45) is 4.40. The first kappa shape index (κ1) is 19.9. The van der Waals surface area contributed by atoms with Crippen LogP contribution in [0.25, 0.3) is 64.6 Å². The van der Waals surface area contributed by atoms with Crippen molar-refractivity contribution in [1.29, 1.82) is 0 Å². The molecule has 0 N–H and O–H groups in total. The van der Waals surface area contributed by atoms with Crippen LogP contribution in [-0.2, 0) is 0 Å². The van der Waals surface area contributed by atoms with Crippen molar-refractivity contribution in [1.82, 2.24) is 0 Å². The predicted octanol–water partition coefficient (Wildman–Crippen LogP) is 9.28. The summed E-state index contributed by atoms with van der Waals surface area (Å²) in [6, 6.07) is 22.6. The third-order valence-corrected chi connectivity index (χ3v) is 7.55. The number of hydrogen-bond acceptors (Lipinski definition) is 2. The van der Waals surface area contributed by atoms with Gasteiger partial charge in [-0.3, -0.25) is 0 Å². The molecule has 0 bridgehead atoms. The first-order valence-corrected chi connectivity index (χ1v) is 12.7. The number of benzene rings is 7. The Morgan fingerprint density at radius 2 is 0.853 bits per heavy atom. The normalized spacial score (nSPS) is 12.5. The van der Waals surface area contributed by atoms with E-state index in [1.807, 2.05) is 0 Å². The van der Waals surface area contributed by atoms with Crippen molar-refractivity contribution in [3.8, 4) is 11.5 Å². The second-order valence-electron chi connectivity index (χ2n) is 9.65. The quantitative estimate of drug-likeness (QED) is 0.132.